The molecule has 0 aromatic heterocycles. The zero-order chi connectivity index (χ0) is 21.8. The minimum atomic E-state index is -3.71. The summed E-state index contributed by atoms with van der Waals surface area (Å²) >= 11 is 6.14. The molecule has 7 nitrogen and oxygen atoms in total. The van der Waals surface area contributed by atoms with Crippen molar-refractivity contribution in [2.24, 2.45) is 0 Å². The van der Waals surface area contributed by atoms with Gasteiger partial charge in [0.1, 0.15) is 0 Å². The molecule has 0 fully saturated rings. The van der Waals surface area contributed by atoms with Crippen LogP contribution >= 0.6 is 11.6 Å². The second-order valence-electron chi connectivity index (χ2n) is 6.46. The average molecular weight is 459 g/mol. The van der Waals surface area contributed by atoms with Crippen LogP contribution in [0.3, 0.4) is 0 Å². The molecule has 0 aliphatic heterocycles. The number of nitrogens with zero attached hydrogens (tertiary/aromatic N) is 1. The summed E-state index contributed by atoms with van der Waals surface area (Å²) in [5, 5.41) is 2.79. The number of carbonyl (C=O) groups is 1. The van der Waals surface area contributed by atoms with Crippen LogP contribution in [0.15, 0.2) is 47.4 Å². The molecule has 10 heteroatoms. The quantitative estimate of drug-likeness (QED) is 0.654. The molecule has 1 N–H and O–H groups in total. The van der Waals surface area contributed by atoms with E-state index in [1.54, 1.807) is 26.0 Å². The molecule has 0 unspecified atom stereocenters. The highest BCUT2D eigenvalue weighted by molar-refractivity contribution is 7.90. The molecule has 2 aromatic carbocycles. The van der Waals surface area contributed by atoms with E-state index in [0.717, 1.165) is 6.26 Å². The molecule has 2 rings (SSSR count). The summed E-state index contributed by atoms with van der Waals surface area (Å²) in [4.78, 5) is 12.6. The van der Waals surface area contributed by atoms with Gasteiger partial charge >= 0.3 is 0 Å². The van der Waals surface area contributed by atoms with Gasteiger partial charge in [0.15, 0.2) is 9.84 Å². The van der Waals surface area contributed by atoms with E-state index in [4.69, 9.17) is 11.6 Å². The summed E-state index contributed by atoms with van der Waals surface area (Å²) in [5.74, 6) is -0.716. The highest BCUT2D eigenvalue weighted by Gasteiger charge is 2.23. The lowest BCUT2D eigenvalue weighted by Gasteiger charge is -2.19. The number of amides is 1. The summed E-state index contributed by atoms with van der Waals surface area (Å²) in [6.45, 7) is 4.11. The summed E-state index contributed by atoms with van der Waals surface area (Å²) in [6.07, 6.45) is 1.11. The van der Waals surface area contributed by atoms with Gasteiger partial charge in [-0.3, -0.25) is 4.79 Å². The molecule has 2 aromatic rings. The number of sulfonamides is 1. The van der Waals surface area contributed by atoms with Crippen LogP contribution in [-0.2, 0) is 25.6 Å². The molecular weight excluding hydrogens is 436 g/mol. The Morgan fingerprint density at radius 1 is 1.03 bits per heavy atom. The molecule has 29 heavy (non-hydrogen) atoms. The van der Waals surface area contributed by atoms with Crippen LogP contribution in [-0.4, -0.2) is 46.4 Å². The molecule has 0 saturated heterocycles. The van der Waals surface area contributed by atoms with Crippen molar-refractivity contribution in [2.75, 3.05) is 24.7 Å². The summed E-state index contributed by atoms with van der Waals surface area (Å²) in [7, 11) is -6.96. The van der Waals surface area contributed by atoms with Crippen molar-refractivity contribution in [3.63, 3.8) is 0 Å². The fourth-order valence-electron chi connectivity index (χ4n) is 2.77. The van der Waals surface area contributed by atoms with Gasteiger partial charge in [-0.2, -0.15) is 4.31 Å². The van der Waals surface area contributed by atoms with Crippen LogP contribution in [0.5, 0.6) is 0 Å². The maximum absolute atomic E-state index is 12.7. The van der Waals surface area contributed by atoms with Crippen LogP contribution in [0.1, 0.15) is 29.8 Å². The molecule has 0 saturated carbocycles. The van der Waals surface area contributed by atoms with Gasteiger partial charge in [-0.1, -0.05) is 37.6 Å². The van der Waals surface area contributed by atoms with E-state index >= 15 is 0 Å². The molecule has 158 valence electrons. The Balaban J connectivity index is 2.33. The lowest BCUT2D eigenvalue weighted by molar-refractivity contribution is 0.102. The van der Waals surface area contributed by atoms with Crippen molar-refractivity contribution >= 4 is 43.1 Å². The number of hydrogen-bond donors (Lipinski definition) is 1. The molecule has 0 spiro atoms. The molecule has 1 amide bonds. The zero-order valence-electron chi connectivity index (χ0n) is 16.3. The average Bonchev–Trinajstić information content (AvgIpc) is 2.63. The molecule has 0 heterocycles. The van der Waals surface area contributed by atoms with Crippen LogP contribution in [0.25, 0.3) is 0 Å². The number of sulfone groups is 1. The number of rotatable bonds is 8. The molecule has 0 atom stereocenters. The normalized spacial score (nSPS) is 12.2. The van der Waals surface area contributed by atoms with Crippen LogP contribution < -0.4 is 5.32 Å². The second kappa shape index (κ2) is 9.25. The fourth-order valence-corrected chi connectivity index (χ4v) is 5.21. The van der Waals surface area contributed by atoms with Gasteiger partial charge in [-0.15, -0.1) is 0 Å². The number of nitrogens with one attached hydrogen (secondary N) is 1. The van der Waals surface area contributed by atoms with Crippen LogP contribution in [0.4, 0.5) is 5.69 Å². The van der Waals surface area contributed by atoms with E-state index in [0.29, 0.717) is 18.7 Å². The Kier molecular flexibility index (Phi) is 7.45. The summed E-state index contributed by atoms with van der Waals surface area (Å²) < 4.78 is 49.7. The number of benzene rings is 2. The van der Waals surface area contributed by atoms with E-state index in [1.807, 2.05) is 0 Å². The third-order valence-electron chi connectivity index (χ3n) is 4.15. The van der Waals surface area contributed by atoms with Crippen molar-refractivity contribution in [1.29, 1.82) is 0 Å². The first-order valence-corrected chi connectivity index (χ1v) is 12.7. The molecule has 0 radical (unpaired) electrons. The number of carbonyl (C=O) groups excluding carboxylic acids is 1. The monoisotopic (exact) mass is 458 g/mol. The topological polar surface area (TPSA) is 101 Å². The third kappa shape index (κ3) is 6.02. The zero-order valence-corrected chi connectivity index (χ0v) is 18.7. The van der Waals surface area contributed by atoms with Gasteiger partial charge in [0.25, 0.3) is 5.91 Å². The van der Waals surface area contributed by atoms with E-state index in [-0.39, 0.29) is 26.9 Å². The van der Waals surface area contributed by atoms with Gasteiger partial charge < -0.3 is 5.32 Å². The van der Waals surface area contributed by atoms with Gasteiger partial charge in [0.05, 0.1) is 21.4 Å². The number of halogens is 1. The Bertz CT molecular complexity index is 1110. The molecule has 0 aliphatic rings. The van der Waals surface area contributed by atoms with E-state index in [2.05, 4.69) is 5.32 Å². The summed E-state index contributed by atoms with van der Waals surface area (Å²) in [6, 6.07) is 10.3. The lowest BCUT2D eigenvalue weighted by atomic mass is 10.1. The third-order valence-corrected chi connectivity index (χ3v) is 7.38. The van der Waals surface area contributed by atoms with Crippen molar-refractivity contribution < 1.29 is 21.6 Å². The van der Waals surface area contributed by atoms with Crippen molar-refractivity contribution in [3.8, 4) is 0 Å². The van der Waals surface area contributed by atoms with E-state index in [1.165, 1.54) is 34.6 Å². The van der Waals surface area contributed by atoms with E-state index in [9.17, 15) is 21.6 Å². The van der Waals surface area contributed by atoms with Gasteiger partial charge in [-0.05, 0) is 35.9 Å². The predicted molar refractivity (Wildman–Crippen MR) is 115 cm³/mol. The highest BCUT2D eigenvalue weighted by atomic mass is 35.5. The molecular formula is C19H23ClN2O5S2. The smallest absolute Gasteiger partial charge is 0.255 e. The maximum Gasteiger partial charge on any atom is 0.255 e. The Morgan fingerprint density at radius 3 is 2.28 bits per heavy atom. The first-order chi connectivity index (χ1) is 13.5. The molecule has 0 aliphatic carbocycles. The van der Waals surface area contributed by atoms with Crippen molar-refractivity contribution in [1.82, 2.24) is 4.31 Å². The van der Waals surface area contributed by atoms with Crippen LogP contribution in [0, 0.1) is 0 Å². The Hall–Kier alpha value is -1.94. The largest absolute Gasteiger partial charge is 0.321 e. The standard InChI is InChI=1S/C19H23ClN2O5S2/c1-4-22(5-2)29(26,27)16-9-10-17(20)18(12-16)21-19(23)15-8-6-7-14(11-15)13-28(3,24)25/h6-12H,4-5,13H2,1-3H3,(H,21,23). The lowest BCUT2D eigenvalue weighted by Crippen LogP contribution is -2.30. The first-order valence-electron chi connectivity index (χ1n) is 8.85. The Morgan fingerprint density at radius 2 is 1.69 bits per heavy atom. The number of hydrogen-bond acceptors (Lipinski definition) is 5. The minimum Gasteiger partial charge on any atom is -0.321 e. The van der Waals surface area contributed by atoms with E-state index < -0.39 is 25.8 Å². The van der Waals surface area contributed by atoms with Gasteiger partial charge in [-0.25, -0.2) is 16.8 Å². The first kappa shape index (κ1) is 23.3. The highest BCUT2D eigenvalue weighted by Crippen LogP contribution is 2.27. The minimum absolute atomic E-state index is 0.0201. The number of anilines is 1. The fraction of sp³-hybridized carbons (Fsp3) is 0.316. The summed E-state index contributed by atoms with van der Waals surface area (Å²) in [5.41, 5.74) is 0.863. The maximum atomic E-state index is 12.7. The van der Waals surface area contributed by atoms with Crippen molar-refractivity contribution in [3.05, 3.63) is 58.6 Å². The molecule has 0 bridgehead atoms. The predicted octanol–water partition coefficient (Wildman–Crippen LogP) is 3.17. The van der Waals surface area contributed by atoms with Gasteiger partial charge in [0.2, 0.25) is 10.0 Å². The Labute approximate surface area is 176 Å². The SMILES string of the molecule is CCN(CC)S(=O)(=O)c1ccc(Cl)c(NC(=O)c2cccc(CS(C)(=O)=O)c2)c1. The van der Waals surface area contributed by atoms with Crippen molar-refractivity contribution in [2.45, 2.75) is 24.5 Å². The second-order valence-corrected chi connectivity index (χ2v) is 10.9. The van der Waals surface area contributed by atoms with Gasteiger partial charge in [0, 0.05) is 24.9 Å². The van der Waals surface area contributed by atoms with Crippen LogP contribution in [0.2, 0.25) is 5.02 Å².